The van der Waals surface area contributed by atoms with E-state index in [9.17, 15) is 4.79 Å². The number of nitrogens with zero attached hydrogens (tertiary/aromatic N) is 2. The molecule has 1 heterocycles. The smallest absolute Gasteiger partial charge is 0.323 e. The zero-order chi connectivity index (χ0) is 14.5. The van der Waals surface area contributed by atoms with E-state index in [1.165, 1.54) is 12.7 Å². The minimum atomic E-state index is -0.655. The Morgan fingerprint density at radius 1 is 1.65 bits per heavy atom. The largest absolute Gasteiger partial charge is 0.468 e. The molecule has 2 atom stereocenters. The molecule has 0 saturated heterocycles. The van der Waals surface area contributed by atoms with Gasteiger partial charge in [-0.05, 0) is 17.9 Å². The summed E-state index contributed by atoms with van der Waals surface area (Å²) in [6.07, 6.45) is 11.8. The normalized spacial score (nSPS) is 19.6. The lowest BCUT2D eigenvalue weighted by atomic mass is 9.98. The van der Waals surface area contributed by atoms with Crippen LogP contribution in [0.15, 0.2) is 36.3 Å². The molecule has 0 aliphatic heterocycles. The Bertz CT molecular complexity index is 531. The third-order valence-electron chi connectivity index (χ3n) is 3.38. The summed E-state index contributed by atoms with van der Waals surface area (Å²) in [5, 5.41) is 0. The summed E-state index contributed by atoms with van der Waals surface area (Å²) in [5.41, 5.74) is 7.81. The van der Waals surface area contributed by atoms with Crippen molar-refractivity contribution in [2.24, 2.45) is 11.7 Å². The van der Waals surface area contributed by atoms with Gasteiger partial charge in [0.15, 0.2) is 0 Å². The highest BCUT2D eigenvalue weighted by molar-refractivity contribution is 5.75. The van der Waals surface area contributed by atoms with Gasteiger partial charge in [-0.15, -0.1) is 0 Å². The van der Waals surface area contributed by atoms with Gasteiger partial charge in [0, 0.05) is 19.2 Å². The molecule has 1 aliphatic carbocycles. The van der Waals surface area contributed by atoms with Crippen LogP contribution in [-0.4, -0.2) is 28.7 Å². The summed E-state index contributed by atoms with van der Waals surface area (Å²) in [5.74, 6) is 0.210. The van der Waals surface area contributed by atoms with Crippen LogP contribution < -0.4 is 5.73 Å². The molecule has 108 valence electrons. The van der Waals surface area contributed by atoms with E-state index in [-0.39, 0.29) is 0 Å². The summed E-state index contributed by atoms with van der Waals surface area (Å²) in [6, 6.07) is -0.655. The van der Waals surface area contributed by atoms with E-state index in [4.69, 9.17) is 5.73 Å². The molecule has 0 spiro atoms. The first-order valence-electron chi connectivity index (χ1n) is 6.79. The summed E-state index contributed by atoms with van der Waals surface area (Å²) in [4.78, 5) is 15.5. The maximum atomic E-state index is 11.3. The Kier molecular flexibility index (Phi) is 4.74. The molecular weight excluding hydrogens is 254 g/mol. The monoisotopic (exact) mass is 275 g/mol. The van der Waals surface area contributed by atoms with Gasteiger partial charge in [-0.2, -0.15) is 0 Å². The van der Waals surface area contributed by atoms with E-state index < -0.39 is 12.0 Å². The molecular formula is C15H21N3O2. The molecule has 2 rings (SSSR count). The lowest BCUT2D eigenvalue weighted by molar-refractivity contribution is -0.142. The molecule has 0 saturated carbocycles. The van der Waals surface area contributed by atoms with Crippen LogP contribution in [0.4, 0.5) is 0 Å². The summed E-state index contributed by atoms with van der Waals surface area (Å²) in [7, 11) is 1.34. The number of carbonyl (C=O) groups is 1. The number of methoxy groups -OCH3 is 1. The van der Waals surface area contributed by atoms with Crippen molar-refractivity contribution in [3.8, 4) is 0 Å². The standard InChI is InChI=1S/C15H21N3O2/c1-11-3-5-12(6-4-11)8-18-9-13(17-10-18)7-14(16)15(19)20-2/h3,5-6,9-11,14H,4,7-8,16H2,1-2H3. The Morgan fingerprint density at radius 3 is 3.10 bits per heavy atom. The zero-order valence-electron chi connectivity index (χ0n) is 12.0. The highest BCUT2D eigenvalue weighted by Gasteiger charge is 2.15. The predicted molar refractivity (Wildman–Crippen MR) is 76.9 cm³/mol. The van der Waals surface area contributed by atoms with Crippen molar-refractivity contribution in [2.45, 2.75) is 32.4 Å². The fourth-order valence-electron chi connectivity index (χ4n) is 2.16. The van der Waals surface area contributed by atoms with E-state index in [1.54, 1.807) is 6.33 Å². The fourth-order valence-corrected chi connectivity index (χ4v) is 2.16. The summed E-state index contributed by atoms with van der Waals surface area (Å²) in [6.45, 7) is 3.00. The van der Waals surface area contributed by atoms with E-state index in [0.717, 1.165) is 18.7 Å². The molecule has 1 aromatic rings. The number of imidazole rings is 1. The van der Waals surface area contributed by atoms with Gasteiger partial charge in [-0.3, -0.25) is 4.79 Å². The first-order valence-corrected chi connectivity index (χ1v) is 6.79. The third kappa shape index (κ3) is 3.81. The second kappa shape index (κ2) is 6.52. The molecule has 1 aliphatic rings. The minimum absolute atomic E-state index is 0.394. The van der Waals surface area contributed by atoms with Gasteiger partial charge in [0.25, 0.3) is 0 Å². The first kappa shape index (κ1) is 14.5. The SMILES string of the molecule is COC(=O)C(N)Cc1cn(CC2=CCC(C)C=C2)cn1. The van der Waals surface area contributed by atoms with Gasteiger partial charge in [-0.1, -0.05) is 25.2 Å². The van der Waals surface area contributed by atoms with Crippen LogP contribution in [0, 0.1) is 5.92 Å². The maximum absolute atomic E-state index is 11.3. The van der Waals surface area contributed by atoms with E-state index in [2.05, 4.69) is 34.9 Å². The summed E-state index contributed by atoms with van der Waals surface area (Å²) < 4.78 is 6.61. The van der Waals surface area contributed by atoms with Crippen molar-refractivity contribution in [1.82, 2.24) is 9.55 Å². The van der Waals surface area contributed by atoms with E-state index >= 15 is 0 Å². The topological polar surface area (TPSA) is 70.1 Å². The van der Waals surface area contributed by atoms with Crippen LogP contribution >= 0.6 is 0 Å². The van der Waals surface area contributed by atoms with Gasteiger partial charge in [0.05, 0.1) is 19.1 Å². The Labute approximate surface area is 119 Å². The molecule has 0 amide bonds. The minimum Gasteiger partial charge on any atom is -0.468 e. The van der Waals surface area contributed by atoms with Crippen LogP contribution in [0.3, 0.4) is 0 Å². The van der Waals surface area contributed by atoms with Gasteiger partial charge in [0.1, 0.15) is 6.04 Å². The van der Waals surface area contributed by atoms with Gasteiger partial charge in [-0.25, -0.2) is 4.98 Å². The Balaban J connectivity index is 1.93. The molecule has 5 heteroatoms. The number of allylic oxidation sites excluding steroid dienone is 4. The van der Waals surface area contributed by atoms with Crippen molar-refractivity contribution >= 4 is 5.97 Å². The molecule has 20 heavy (non-hydrogen) atoms. The van der Waals surface area contributed by atoms with Gasteiger partial charge in [0.2, 0.25) is 0 Å². The maximum Gasteiger partial charge on any atom is 0.323 e. The number of carbonyl (C=O) groups excluding carboxylic acids is 1. The number of rotatable bonds is 5. The molecule has 0 fully saturated rings. The van der Waals surface area contributed by atoms with Crippen LogP contribution in [0.2, 0.25) is 0 Å². The molecule has 0 radical (unpaired) electrons. The van der Waals surface area contributed by atoms with E-state index in [1.807, 2.05) is 10.8 Å². The van der Waals surface area contributed by atoms with Crippen LogP contribution in [-0.2, 0) is 22.5 Å². The quantitative estimate of drug-likeness (QED) is 0.826. The second-order valence-corrected chi connectivity index (χ2v) is 5.22. The highest BCUT2D eigenvalue weighted by Crippen LogP contribution is 2.17. The molecule has 0 bridgehead atoms. The third-order valence-corrected chi connectivity index (χ3v) is 3.38. The van der Waals surface area contributed by atoms with Gasteiger partial charge >= 0.3 is 5.97 Å². The van der Waals surface area contributed by atoms with Crippen molar-refractivity contribution in [2.75, 3.05) is 7.11 Å². The Hall–Kier alpha value is -1.88. The lowest BCUT2D eigenvalue weighted by Crippen LogP contribution is -2.33. The number of hydrogen-bond donors (Lipinski definition) is 1. The number of aromatic nitrogens is 2. The molecule has 5 nitrogen and oxygen atoms in total. The zero-order valence-corrected chi connectivity index (χ0v) is 12.0. The number of hydrogen-bond acceptors (Lipinski definition) is 4. The highest BCUT2D eigenvalue weighted by atomic mass is 16.5. The van der Waals surface area contributed by atoms with Crippen LogP contribution in [0.5, 0.6) is 0 Å². The van der Waals surface area contributed by atoms with E-state index in [0.29, 0.717) is 12.3 Å². The van der Waals surface area contributed by atoms with Crippen molar-refractivity contribution < 1.29 is 9.53 Å². The van der Waals surface area contributed by atoms with Crippen molar-refractivity contribution in [3.63, 3.8) is 0 Å². The number of esters is 1. The second-order valence-electron chi connectivity index (χ2n) is 5.22. The van der Waals surface area contributed by atoms with Crippen molar-refractivity contribution in [3.05, 3.63) is 42.0 Å². The summed E-state index contributed by atoms with van der Waals surface area (Å²) >= 11 is 0. The number of ether oxygens (including phenoxy) is 1. The lowest BCUT2D eigenvalue weighted by Gasteiger charge is -2.12. The number of nitrogens with two attached hydrogens (primary N) is 1. The predicted octanol–water partition coefficient (Wildman–Crippen LogP) is 1.45. The molecule has 2 N–H and O–H groups in total. The Morgan fingerprint density at radius 2 is 2.45 bits per heavy atom. The van der Waals surface area contributed by atoms with Crippen LogP contribution in [0.1, 0.15) is 19.0 Å². The fraction of sp³-hybridized carbons (Fsp3) is 0.467. The average Bonchev–Trinajstić information content (AvgIpc) is 2.87. The molecule has 0 aromatic carbocycles. The molecule has 2 unspecified atom stereocenters. The molecule has 1 aromatic heterocycles. The first-order chi connectivity index (χ1) is 9.58. The van der Waals surface area contributed by atoms with Crippen LogP contribution in [0.25, 0.3) is 0 Å². The average molecular weight is 275 g/mol. The van der Waals surface area contributed by atoms with Gasteiger partial charge < -0.3 is 15.0 Å². The van der Waals surface area contributed by atoms with Crippen molar-refractivity contribution in [1.29, 1.82) is 0 Å².